The fourth-order valence-electron chi connectivity index (χ4n) is 3.32. The van der Waals surface area contributed by atoms with E-state index in [4.69, 9.17) is 11.6 Å². The van der Waals surface area contributed by atoms with Gasteiger partial charge in [0.05, 0.1) is 11.4 Å². The van der Waals surface area contributed by atoms with Crippen molar-refractivity contribution in [1.29, 1.82) is 0 Å². The van der Waals surface area contributed by atoms with Crippen LogP contribution in [0, 0.1) is 0 Å². The largest absolute Gasteiger partial charge is 0.288 e. The second-order valence-corrected chi connectivity index (χ2v) is 10.0. The number of fused-ring (bicyclic) bond motifs is 1. The zero-order valence-corrected chi connectivity index (χ0v) is 17.1. The lowest BCUT2D eigenvalue weighted by molar-refractivity contribution is 0.346. The predicted molar refractivity (Wildman–Crippen MR) is 108 cm³/mol. The standard InChI is InChI=1S/C17H19ClN4O3S2/c1-11-10-26-17(19-11)22-9-13(27(24,25)21-7-3-2-4-8-21)15(23)12-5-6-14(18)20-16(12)22/h5-6,9,11H,2-4,7-8,10H2,1H3. The Bertz CT molecular complexity index is 1090. The molecule has 4 heterocycles. The third-order valence-electron chi connectivity index (χ3n) is 4.71. The molecule has 0 bridgehead atoms. The maximum Gasteiger partial charge on any atom is 0.248 e. The Kier molecular flexibility index (Phi) is 5.04. The molecule has 10 heteroatoms. The van der Waals surface area contributed by atoms with Gasteiger partial charge in [0, 0.05) is 25.0 Å². The molecule has 1 saturated heterocycles. The number of hydrogen-bond donors (Lipinski definition) is 0. The van der Waals surface area contributed by atoms with Crippen LogP contribution < -0.4 is 5.43 Å². The number of aromatic nitrogens is 2. The predicted octanol–water partition coefficient (Wildman–Crippen LogP) is 2.56. The molecule has 0 aliphatic carbocycles. The molecule has 7 nitrogen and oxygen atoms in total. The first kappa shape index (κ1) is 18.9. The SMILES string of the molecule is CC1CSC(n2cc(S(=O)(=O)N3CCCCC3)c(=O)c3ccc(Cl)nc32)=N1. The average molecular weight is 427 g/mol. The summed E-state index contributed by atoms with van der Waals surface area (Å²) in [4.78, 5) is 21.6. The Morgan fingerprint density at radius 2 is 1.96 bits per heavy atom. The van der Waals surface area contributed by atoms with Gasteiger partial charge in [0.25, 0.3) is 0 Å². The van der Waals surface area contributed by atoms with Crippen LogP contribution in [0.25, 0.3) is 11.0 Å². The number of aliphatic imine (C=N–C) groups is 1. The molecule has 0 N–H and O–H groups in total. The summed E-state index contributed by atoms with van der Waals surface area (Å²) >= 11 is 7.53. The molecule has 2 aliphatic heterocycles. The summed E-state index contributed by atoms with van der Waals surface area (Å²) in [7, 11) is -3.88. The van der Waals surface area contributed by atoms with Crippen LogP contribution >= 0.6 is 23.4 Å². The third kappa shape index (κ3) is 3.41. The lowest BCUT2D eigenvalue weighted by Crippen LogP contribution is -2.38. The van der Waals surface area contributed by atoms with Crippen molar-refractivity contribution in [2.75, 3.05) is 18.8 Å². The van der Waals surface area contributed by atoms with Gasteiger partial charge in [0.2, 0.25) is 15.5 Å². The summed E-state index contributed by atoms with van der Waals surface area (Å²) in [5.41, 5.74) is -0.224. The van der Waals surface area contributed by atoms with E-state index in [0.29, 0.717) is 23.9 Å². The number of rotatable bonds is 2. The highest BCUT2D eigenvalue weighted by Gasteiger charge is 2.31. The molecule has 2 aliphatic rings. The van der Waals surface area contributed by atoms with Gasteiger partial charge in [-0.25, -0.2) is 13.4 Å². The van der Waals surface area contributed by atoms with Crippen molar-refractivity contribution >= 4 is 49.6 Å². The Balaban J connectivity index is 1.97. The molecular weight excluding hydrogens is 408 g/mol. The molecule has 0 radical (unpaired) electrons. The quantitative estimate of drug-likeness (QED) is 0.689. The Hall–Kier alpha value is -1.42. The zero-order valence-electron chi connectivity index (χ0n) is 14.8. The number of pyridine rings is 2. The lowest BCUT2D eigenvalue weighted by atomic mass is 10.2. The second-order valence-electron chi connectivity index (χ2n) is 6.73. The highest BCUT2D eigenvalue weighted by Crippen LogP contribution is 2.25. The molecule has 1 atom stereocenters. The minimum absolute atomic E-state index is 0.112. The van der Waals surface area contributed by atoms with E-state index in [1.165, 1.54) is 34.4 Å². The third-order valence-corrected chi connectivity index (χ3v) is 8.02. The molecule has 2 aromatic heterocycles. The van der Waals surface area contributed by atoms with Crippen LogP contribution in [0.4, 0.5) is 0 Å². The fourth-order valence-corrected chi connectivity index (χ4v) is 6.06. The molecule has 0 amide bonds. The van der Waals surface area contributed by atoms with E-state index in [9.17, 15) is 13.2 Å². The van der Waals surface area contributed by atoms with Crippen LogP contribution in [0.1, 0.15) is 26.2 Å². The average Bonchev–Trinajstić information content (AvgIpc) is 3.08. The number of thioether (sulfide) groups is 1. The van der Waals surface area contributed by atoms with Crippen molar-refractivity contribution in [2.24, 2.45) is 4.99 Å². The Morgan fingerprint density at radius 3 is 2.63 bits per heavy atom. The minimum atomic E-state index is -3.88. The molecule has 27 heavy (non-hydrogen) atoms. The first-order chi connectivity index (χ1) is 12.9. The van der Waals surface area contributed by atoms with Gasteiger partial charge in [-0.2, -0.15) is 4.31 Å². The van der Waals surface area contributed by atoms with E-state index in [0.717, 1.165) is 25.0 Å². The zero-order chi connectivity index (χ0) is 19.2. The van der Waals surface area contributed by atoms with Crippen molar-refractivity contribution in [1.82, 2.24) is 13.9 Å². The molecule has 2 aromatic rings. The summed E-state index contributed by atoms with van der Waals surface area (Å²) in [5, 5.41) is 1.08. The molecule has 1 fully saturated rings. The maximum atomic E-state index is 13.2. The highest BCUT2D eigenvalue weighted by molar-refractivity contribution is 8.14. The van der Waals surface area contributed by atoms with E-state index in [1.54, 1.807) is 4.57 Å². The number of piperidine rings is 1. The Morgan fingerprint density at radius 1 is 1.22 bits per heavy atom. The summed E-state index contributed by atoms with van der Waals surface area (Å²) in [6, 6.07) is 3.14. The molecule has 4 rings (SSSR count). The fraction of sp³-hybridized carbons (Fsp3) is 0.471. The van der Waals surface area contributed by atoms with E-state index >= 15 is 0 Å². The van der Waals surface area contributed by atoms with Crippen LogP contribution in [0.15, 0.2) is 33.0 Å². The first-order valence-electron chi connectivity index (χ1n) is 8.81. The summed E-state index contributed by atoms with van der Waals surface area (Å²) in [5.74, 6) is 0.789. The van der Waals surface area contributed by atoms with E-state index < -0.39 is 15.5 Å². The topological polar surface area (TPSA) is 84.6 Å². The van der Waals surface area contributed by atoms with Gasteiger partial charge in [-0.05, 0) is 31.9 Å². The van der Waals surface area contributed by atoms with Crippen LogP contribution in [0.3, 0.4) is 0 Å². The van der Waals surface area contributed by atoms with Gasteiger partial charge in [-0.1, -0.05) is 29.8 Å². The summed E-state index contributed by atoms with van der Waals surface area (Å²) in [6.07, 6.45) is 3.97. The van der Waals surface area contributed by atoms with Crippen molar-refractivity contribution in [3.05, 3.63) is 33.7 Å². The smallest absolute Gasteiger partial charge is 0.248 e. The van der Waals surface area contributed by atoms with Gasteiger partial charge in [-0.3, -0.25) is 14.4 Å². The first-order valence-corrected chi connectivity index (χ1v) is 11.6. The molecule has 0 aromatic carbocycles. The summed E-state index contributed by atoms with van der Waals surface area (Å²) in [6.45, 7) is 2.85. The van der Waals surface area contributed by atoms with Crippen molar-refractivity contribution in [3.63, 3.8) is 0 Å². The van der Waals surface area contributed by atoms with Crippen LogP contribution in [-0.2, 0) is 10.0 Å². The molecule has 0 spiro atoms. The number of nitrogens with zero attached hydrogens (tertiary/aromatic N) is 4. The molecule has 144 valence electrons. The van der Waals surface area contributed by atoms with Crippen molar-refractivity contribution in [3.8, 4) is 0 Å². The molecular formula is C17H19ClN4O3S2. The molecule has 1 unspecified atom stereocenters. The van der Waals surface area contributed by atoms with Gasteiger partial charge >= 0.3 is 0 Å². The van der Waals surface area contributed by atoms with Gasteiger partial charge in [0.1, 0.15) is 10.0 Å². The Labute approximate surface area is 166 Å². The van der Waals surface area contributed by atoms with Crippen molar-refractivity contribution in [2.45, 2.75) is 37.1 Å². The summed E-state index contributed by atoms with van der Waals surface area (Å²) < 4.78 is 29.3. The maximum absolute atomic E-state index is 13.2. The van der Waals surface area contributed by atoms with Gasteiger partial charge in [0.15, 0.2) is 10.8 Å². The minimum Gasteiger partial charge on any atom is -0.288 e. The van der Waals surface area contributed by atoms with E-state index in [-0.39, 0.29) is 21.5 Å². The van der Waals surface area contributed by atoms with E-state index in [2.05, 4.69) is 9.98 Å². The second kappa shape index (κ2) is 7.20. The van der Waals surface area contributed by atoms with Crippen LogP contribution in [0.5, 0.6) is 0 Å². The monoisotopic (exact) mass is 426 g/mol. The molecule has 0 saturated carbocycles. The van der Waals surface area contributed by atoms with Crippen LogP contribution in [0.2, 0.25) is 5.15 Å². The number of hydrogen-bond acceptors (Lipinski definition) is 6. The van der Waals surface area contributed by atoms with E-state index in [1.807, 2.05) is 6.92 Å². The van der Waals surface area contributed by atoms with Crippen molar-refractivity contribution < 1.29 is 8.42 Å². The van der Waals surface area contributed by atoms with Gasteiger partial charge < -0.3 is 0 Å². The number of halogens is 1. The highest BCUT2D eigenvalue weighted by atomic mass is 35.5. The van der Waals surface area contributed by atoms with Gasteiger partial charge in [-0.15, -0.1) is 0 Å². The van der Waals surface area contributed by atoms with Crippen LogP contribution in [-0.4, -0.2) is 52.3 Å². The normalized spacial score (nSPS) is 21.6. The lowest BCUT2D eigenvalue weighted by Gasteiger charge is -2.26. The number of sulfonamides is 1.